The Kier molecular flexibility index (Phi) is 3.60. The molecule has 0 radical (unpaired) electrons. The standard InChI is InChI=1S/C14H21N5O2S/c1-9-10(2)16-11(3)19-7-12(5-14(9)19)17-22(20,21)13-6-15-18(4)8-13/h6,8,10,12,17H,5,7H2,1-4H3. The molecule has 0 aliphatic carbocycles. The summed E-state index contributed by atoms with van der Waals surface area (Å²) in [5.74, 6) is 0.955. The Balaban J connectivity index is 1.80. The number of aliphatic imine (C=N–C) groups is 1. The fraction of sp³-hybridized carbons (Fsp3) is 0.571. The van der Waals surface area contributed by atoms with Crippen molar-refractivity contribution in [2.75, 3.05) is 6.54 Å². The van der Waals surface area contributed by atoms with Gasteiger partial charge in [-0.25, -0.2) is 13.1 Å². The van der Waals surface area contributed by atoms with E-state index in [4.69, 9.17) is 0 Å². The molecule has 22 heavy (non-hydrogen) atoms. The van der Waals surface area contributed by atoms with Crippen LogP contribution in [-0.4, -0.2) is 47.6 Å². The second-order valence-electron chi connectivity index (χ2n) is 5.96. The van der Waals surface area contributed by atoms with Crippen LogP contribution in [0.1, 0.15) is 27.2 Å². The quantitative estimate of drug-likeness (QED) is 0.895. The molecule has 7 nitrogen and oxygen atoms in total. The van der Waals surface area contributed by atoms with Crippen molar-refractivity contribution < 1.29 is 8.42 Å². The Morgan fingerprint density at radius 2 is 2.09 bits per heavy atom. The molecule has 0 spiro atoms. The van der Waals surface area contributed by atoms with E-state index in [1.807, 2.05) is 6.92 Å². The zero-order chi connectivity index (χ0) is 16.1. The van der Waals surface area contributed by atoms with Gasteiger partial charge in [-0.1, -0.05) is 0 Å². The lowest BCUT2D eigenvalue weighted by Gasteiger charge is -2.28. The molecule has 2 atom stereocenters. The van der Waals surface area contributed by atoms with Crippen LogP contribution in [0, 0.1) is 0 Å². The van der Waals surface area contributed by atoms with E-state index in [1.54, 1.807) is 7.05 Å². The first kappa shape index (κ1) is 15.2. The van der Waals surface area contributed by atoms with Crippen LogP contribution >= 0.6 is 0 Å². The van der Waals surface area contributed by atoms with Gasteiger partial charge in [-0.05, 0) is 26.3 Å². The van der Waals surface area contributed by atoms with Gasteiger partial charge in [0.2, 0.25) is 10.0 Å². The Morgan fingerprint density at radius 1 is 1.36 bits per heavy atom. The minimum absolute atomic E-state index is 0.148. The van der Waals surface area contributed by atoms with Crippen LogP contribution in [0.5, 0.6) is 0 Å². The van der Waals surface area contributed by atoms with Crippen LogP contribution in [-0.2, 0) is 17.1 Å². The minimum Gasteiger partial charge on any atom is -0.332 e. The largest absolute Gasteiger partial charge is 0.332 e. The van der Waals surface area contributed by atoms with E-state index >= 15 is 0 Å². The fourth-order valence-corrected chi connectivity index (χ4v) is 4.24. The lowest BCUT2D eigenvalue weighted by molar-refractivity contribution is 0.509. The van der Waals surface area contributed by atoms with E-state index in [2.05, 4.69) is 33.6 Å². The maximum Gasteiger partial charge on any atom is 0.244 e. The molecule has 0 amide bonds. The molecule has 1 fully saturated rings. The first-order valence-electron chi connectivity index (χ1n) is 7.30. The zero-order valence-electron chi connectivity index (χ0n) is 13.2. The lowest BCUT2D eigenvalue weighted by Crippen LogP contribution is -2.38. The fourth-order valence-electron chi connectivity index (χ4n) is 3.03. The van der Waals surface area contributed by atoms with Crippen molar-refractivity contribution in [3.8, 4) is 0 Å². The van der Waals surface area contributed by atoms with Crippen molar-refractivity contribution >= 4 is 15.9 Å². The molecule has 2 unspecified atom stereocenters. The third kappa shape index (κ3) is 2.56. The number of nitrogens with zero attached hydrogens (tertiary/aromatic N) is 4. The molecular weight excluding hydrogens is 302 g/mol. The molecule has 2 aliphatic rings. The molecular formula is C14H21N5O2S. The van der Waals surface area contributed by atoms with E-state index in [1.165, 1.54) is 28.3 Å². The number of nitrogens with one attached hydrogen (secondary N) is 1. The molecule has 3 rings (SSSR count). The smallest absolute Gasteiger partial charge is 0.244 e. The summed E-state index contributed by atoms with van der Waals surface area (Å²) >= 11 is 0. The van der Waals surface area contributed by atoms with Gasteiger partial charge < -0.3 is 4.90 Å². The van der Waals surface area contributed by atoms with E-state index in [0.717, 1.165) is 5.84 Å². The topological polar surface area (TPSA) is 79.6 Å². The normalized spacial score (nSPS) is 25.5. The van der Waals surface area contributed by atoms with Gasteiger partial charge >= 0.3 is 0 Å². The summed E-state index contributed by atoms with van der Waals surface area (Å²) in [4.78, 5) is 6.91. The number of hydrogen-bond donors (Lipinski definition) is 1. The summed E-state index contributed by atoms with van der Waals surface area (Å²) in [5.41, 5.74) is 2.41. The monoisotopic (exact) mass is 323 g/mol. The van der Waals surface area contributed by atoms with E-state index < -0.39 is 10.0 Å². The van der Waals surface area contributed by atoms with Crippen molar-refractivity contribution in [2.45, 2.75) is 44.2 Å². The Labute approximate surface area is 130 Å². The SMILES string of the molecule is CC1=NC(C)C(C)=C2CC(NS(=O)(=O)c3cnn(C)c3)CN12. The number of aryl methyl sites for hydroxylation is 1. The average molecular weight is 323 g/mol. The van der Waals surface area contributed by atoms with Crippen molar-refractivity contribution in [3.05, 3.63) is 23.7 Å². The molecule has 2 aliphatic heterocycles. The summed E-state index contributed by atoms with van der Waals surface area (Å²) in [6.45, 7) is 6.73. The second-order valence-corrected chi connectivity index (χ2v) is 7.68. The number of amidine groups is 1. The summed E-state index contributed by atoms with van der Waals surface area (Å²) in [6, 6.07) is 0.0190. The van der Waals surface area contributed by atoms with Crippen molar-refractivity contribution in [1.29, 1.82) is 0 Å². The molecule has 8 heteroatoms. The highest BCUT2D eigenvalue weighted by Gasteiger charge is 2.35. The second kappa shape index (κ2) is 5.20. The number of sulfonamides is 1. The summed E-state index contributed by atoms with van der Waals surface area (Å²) in [6.07, 6.45) is 3.57. The number of rotatable bonds is 3. The predicted molar refractivity (Wildman–Crippen MR) is 83.9 cm³/mol. The summed E-state index contributed by atoms with van der Waals surface area (Å²) in [7, 11) is -1.84. The van der Waals surface area contributed by atoms with Gasteiger partial charge in [-0.15, -0.1) is 0 Å². The predicted octanol–water partition coefficient (Wildman–Crippen LogP) is 0.867. The minimum atomic E-state index is -3.54. The molecule has 3 heterocycles. The van der Waals surface area contributed by atoms with Crippen molar-refractivity contribution in [2.24, 2.45) is 12.0 Å². The van der Waals surface area contributed by atoms with Gasteiger partial charge in [0.15, 0.2) is 0 Å². The number of hydrogen-bond acceptors (Lipinski definition) is 5. The molecule has 1 N–H and O–H groups in total. The summed E-state index contributed by atoms with van der Waals surface area (Å²) in [5, 5.41) is 3.92. The molecule has 0 saturated carbocycles. The van der Waals surface area contributed by atoms with Crippen LogP contribution in [0.15, 0.2) is 33.6 Å². The molecule has 120 valence electrons. The lowest BCUT2D eigenvalue weighted by atomic mass is 10.0. The Hall–Kier alpha value is -1.67. The maximum absolute atomic E-state index is 12.4. The van der Waals surface area contributed by atoms with E-state index in [-0.39, 0.29) is 17.0 Å². The molecule has 0 bridgehead atoms. The van der Waals surface area contributed by atoms with Crippen molar-refractivity contribution in [1.82, 2.24) is 19.4 Å². The average Bonchev–Trinajstić information content (AvgIpc) is 3.03. The number of aromatic nitrogens is 2. The van der Waals surface area contributed by atoms with Gasteiger partial charge in [0.1, 0.15) is 10.7 Å². The Bertz CT molecular complexity index is 762. The number of fused-ring (bicyclic) bond motifs is 1. The summed E-state index contributed by atoms with van der Waals surface area (Å²) < 4.78 is 29.1. The third-order valence-corrected chi connectivity index (χ3v) is 5.81. The first-order chi connectivity index (χ1) is 10.3. The van der Waals surface area contributed by atoms with Gasteiger partial charge in [0.05, 0.1) is 12.2 Å². The maximum atomic E-state index is 12.4. The van der Waals surface area contributed by atoms with Gasteiger partial charge in [-0.2, -0.15) is 5.10 Å². The van der Waals surface area contributed by atoms with Crippen LogP contribution in [0.3, 0.4) is 0 Å². The Morgan fingerprint density at radius 3 is 2.73 bits per heavy atom. The van der Waals surface area contributed by atoms with Crippen LogP contribution in [0.2, 0.25) is 0 Å². The van der Waals surface area contributed by atoms with Gasteiger partial charge in [-0.3, -0.25) is 9.67 Å². The molecule has 1 aromatic heterocycles. The van der Waals surface area contributed by atoms with Crippen LogP contribution in [0.25, 0.3) is 0 Å². The van der Waals surface area contributed by atoms with Gasteiger partial charge in [0.25, 0.3) is 0 Å². The highest BCUT2D eigenvalue weighted by Crippen LogP contribution is 2.31. The third-order valence-electron chi connectivity index (χ3n) is 4.33. The van der Waals surface area contributed by atoms with Gasteiger partial charge in [0, 0.05) is 37.9 Å². The zero-order valence-corrected chi connectivity index (χ0v) is 14.1. The first-order valence-corrected chi connectivity index (χ1v) is 8.79. The van der Waals surface area contributed by atoms with Crippen LogP contribution < -0.4 is 4.72 Å². The van der Waals surface area contributed by atoms with Crippen molar-refractivity contribution in [3.63, 3.8) is 0 Å². The molecule has 1 aromatic rings. The van der Waals surface area contributed by atoms with E-state index in [0.29, 0.717) is 13.0 Å². The highest BCUT2D eigenvalue weighted by molar-refractivity contribution is 7.89. The van der Waals surface area contributed by atoms with Crippen LogP contribution in [0.4, 0.5) is 0 Å². The molecule has 1 saturated heterocycles. The highest BCUT2D eigenvalue weighted by atomic mass is 32.2. The van der Waals surface area contributed by atoms with E-state index in [9.17, 15) is 8.42 Å². The molecule has 0 aromatic carbocycles.